The molecule has 0 saturated heterocycles. The normalized spacial score (nSPS) is 11.5. The van der Waals surface area contributed by atoms with E-state index in [1.54, 1.807) is 12.1 Å². The molecule has 4 heterocycles. The van der Waals surface area contributed by atoms with Crippen LogP contribution < -0.4 is 51.6 Å². The number of nitrogens with zero attached hydrogens (tertiary/aromatic N) is 4. The summed E-state index contributed by atoms with van der Waals surface area (Å²) in [7, 11) is 0. The number of hydrogen-bond acceptors (Lipinski definition) is 15. The SMILES string of the molecule is CCN(Cc1cc(CN(CC)c2cc3oc(=O)cc(C)c3cc2C)cc(OCc2cc(O)cc(COc3cc(CN(CC)c4cc5oc(=O)cc(C)c5cc4C)cc(CN(CC)c4cc5oc(=O)cc(C)c5cc4C)c3)c2)c1)c1cc2oc(=O)cc(C)c2cc1C. The fourth-order valence-electron chi connectivity index (χ4n) is 12.8. The molecule has 15 nitrogen and oxygen atoms in total. The van der Waals surface area contributed by atoms with Gasteiger partial charge in [-0.05, 0) is 228 Å². The number of aromatic hydroxyl groups is 1. The van der Waals surface area contributed by atoms with Gasteiger partial charge in [0.2, 0.25) is 0 Å². The molecule has 0 aliphatic rings. The van der Waals surface area contributed by atoms with E-state index in [0.717, 1.165) is 122 Å². The minimum atomic E-state index is -0.390. The van der Waals surface area contributed by atoms with E-state index >= 15 is 0 Å². The van der Waals surface area contributed by atoms with Gasteiger partial charge in [-0.3, -0.25) is 0 Å². The molecule has 1 N–H and O–H groups in total. The summed E-state index contributed by atoms with van der Waals surface area (Å²) in [6, 6.07) is 40.2. The molecule has 0 bridgehead atoms. The zero-order valence-electron chi connectivity index (χ0n) is 54.0. The van der Waals surface area contributed by atoms with Crippen molar-refractivity contribution in [2.45, 2.75) is 122 Å². The van der Waals surface area contributed by atoms with Crippen molar-refractivity contribution in [1.82, 2.24) is 0 Å². The third kappa shape index (κ3) is 13.8. The van der Waals surface area contributed by atoms with Gasteiger partial charge < -0.3 is 51.8 Å². The molecule has 0 saturated carbocycles. The lowest BCUT2D eigenvalue weighted by Gasteiger charge is -2.28. The molecule has 0 radical (unpaired) electrons. The highest BCUT2D eigenvalue weighted by atomic mass is 16.5. The molecule has 4 aromatic heterocycles. The molecule has 15 heteroatoms. The fourth-order valence-corrected chi connectivity index (χ4v) is 12.8. The molecule has 0 aliphatic heterocycles. The van der Waals surface area contributed by atoms with Crippen LogP contribution in [-0.4, -0.2) is 31.3 Å². The number of aryl methyl sites for hydroxylation is 8. The molecule has 91 heavy (non-hydrogen) atoms. The molecule has 468 valence electrons. The van der Waals surface area contributed by atoms with Crippen LogP contribution in [-0.2, 0) is 39.4 Å². The van der Waals surface area contributed by atoms with Crippen molar-refractivity contribution < 1.29 is 32.2 Å². The predicted molar refractivity (Wildman–Crippen MR) is 364 cm³/mol. The van der Waals surface area contributed by atoms with Crippen LogP contribution in [0.15, 0.2) is 164 Å². The first kappa shape index (κ1) is 62.6. The first-order valence-corrected chi connectivity index (χ1v) is 31.2. The van der Waals surface area contributed by atoms with Gasteiger partial charge in [-0.25, -0.2) is 19.2 Å². The molecule has 0 unspecified atom stereocenters. The van der Waals surface area contributed by atoms with E-state index in [4.69, 9.17) is 27.1 Å². The van der Waals surface area contributed by atoms with Crippen molar-refractivity contribution in [3.8, 4) is 17.2 Å². The van der Waals surface area contributed by atoms with Crippen LogP contribution in [0.5, 0.6) is 17.2 Å². The highest BCUT2D eigenvalue weighted by molar-refractivity contribution is 5.88. The van der Waals surface area contributed by atoms with E-state index in [0.29, 0.717) is 86.2 Å². The maximum absolute atomic E-state index is 12.5. The van der Waals surface area contributed by atoms with Gasteiger partial charge in [0.15, 0.2) is 0 Å². The third-order valence-electron chi connectivity index (χ3n) is 17.4. The Bertz CT molecular complexity index is 4300. The molecule has 0 atom stereocenters. The molecular weight excluding hydrogens is 1140 g/mol. The van der Waals surface area contributed by atoms with Gasteiger partial charge in [-0.2, -0.15) is 0 Å². The van der Waals surface area contributed by atoms with Gasteiger partial charge >= 0.3 is 22.5 Å². The van der Waals surface area contributed by atoms with Gasteiger partial charge in [0.1, 0.15) is 52.8 Å². The predicted octanol–water partition coefficient (Wildman–Crippen LogP) is 15.5. The number of rotatable bonds is 22. The summed E-state index contributed by atoms with van der Waals surface area (Å²) in [6.07, 6.45) is 0. The standard InChI is InChI=1S/C76H78N4O11/c1-13-77(65-34-69-61(17-48(65)9)44(5)21-73(82)88-69)38-52-25-53(39-78(14-2)66-35-70-62(18-49(66)10)45(6)22-74(83)89-70)31-59(30-52)86-42-56-27-57(29-58(81)28-56)43-87-60-32-54(40-79(15-3)67-36-71-63(19-50(67)11)46(7)23-75(84)90-71)26-55(33-60)41-80(16-4)68-37-72-64(20-51(68)12)47(8)24-76(85)91-72/h17-37,81H,13-16,38-43H2,1-12H3. The number of ether oxygens (including phenoxy) is 2. The second kappa shape index (κ2) is 26.2. The monoisotopic (exact) mass is 1220 g/mol. The number of benzene rings is 7. The zero-order valence-corrected chi connectivity index (χ0v) is 54.0. The van der Waals surface area contributed by atoms with Crippen LogP contribution in [0, 0.1) is 55.4 Å². The molecule has 11 rings (SSSR count). The maximum atomic E-state index is 12.5. The minimum Gasteiger partial charge on any atom is -0.508 e. The van der Waals surface area contributed by atoms with Gasteiger partial charge in [0.25, 0.3) is 0 Å². The lowest BCUT2D eigenvalue weighted by atomic mass is 10.0. The average Bonchev–Trinajstić information content (AvgIpc) is 1.13. The molecule has 7 aromatic carbocycles. The van der Waals surface area contributed by atoms with Crippen LogP contribution >= 0.6 is 0 Å². The fraction of sp³-hybridized carbons (Fsp3) is 0.289. The second-order valence-electron chi connectivity index (χ2n) is 24.1. The lowest BCUT2D eigenvalue weighted by Crippen LogP contribution is -2.24. The highest BCUT2D eigenvalue weighted by Crippen LogP contribution is 2.36. The molecule has 11 aromatic rings. The first-order chi connectivity index (χ1) is 43.6. The van der Waals surface area contributed by atoms with E-state index in [1.165, 1.54) is 24.3 Å². The number of anilines is 4. The van der Waals surface area contributed by atoms with Gasteiger partial charge in [-0.15, -0.1) is 0 Å². The van der Waals surface area contributed by atoms with Crippen molar-refractivity contribution in [2.24, 2.45) is 0 Å². The lowest BCUT2D eigenvalue weighted by molar-refractivity contribution is 0.298. The van der Waals surface area contributed by atoms with E-state index in [2.05, 4.69) is 136 Å². The summed E-state index contributed by atoms with van der Waals surface area (Å²) in [5.41, 5.74) is 17.5. The van der Waals surface area contributed by atoms with Crippen molar-refractivity contribution in [3.63, 3.8) is 0 Å². The number of phenolic OH excluding ortho intramolecular Hbond substituents is 1. The van der Waals surface area contributed by atoms with Crippen LogP contribution in [0.2, 0.25) is 0 Å². The van der Waals surface area contributed by atoms with E-state index < -0.39 is 0 Å². The van der Waals surface area contributed by atoms with Crippen molar-refractivity contribution in [2.75, 3.05) is 45.8 Å². The van der Waals surface area contributed by atoms with Gasteiger partial charge in [0.05, 0.1) is 0 Å². The topological polar surface area (TPSA) is 172 Å². The minimum absolute atomic E-state index is 0.0695. The zero-order chi connectivity index (χ0) is 64.5. The van der Waals surface area contributed by atoms with Crippen LogP contribution in [0.4, 0.5) is 22.7 Å². The summed E-state index contributed by atoms with van der Waals surface area (Å²) < 4.78 is 36.4. The quantitative estimate of drug-likeness (QED) is 0.0635. The summed E-state index contributed by atoms with van der Waals surface area (Å²) in [4.78, 5) is 59.2. The number of phenols is 1. The summed E-state index contributed by atoms with van der Waals surface area (Å²) in [5, 5.41) is 14.9. The highest BCUT2D eigenvalue weighted by Gasteiger charge is 2.21. The Labute approximate surface area is 528 Å². The van der Waals surface area contributed by atoms with Crippen molar-refractivity contribution >= 4 is 66.6 Å². The molecule has 0 amide bonds. The first-order valence-electron chi connectivity index (χ1n) is 31.2. The summed E-state index contributed by atoms with van der Waals surface area (Å²) in [6.45, 7) is 29.4. The smallest absolute Gasteiger partial charge is 0.336 e. The Hall–Kier alpha value is -10.0. The third-order valence-corrected chi connectivity index (χ3v) is 17.4. The van der Waals surface area contributed by atoms with Crippen molar-refractivity contribution in [3.05, 3.63) is 247 Å². The van der Waals surface area contributed by atoms with Crippen LogP contribution in [0.3, 0.4) is 0 Å². The average molecular weight is 1220 g/mol. The Kier molecular flexibility index (Phi) is 18.0. The van der Waals surface area contributed by atoms with Crippen LogP contribution in [0.25, 0.3) is 43.9 Å². The summed E-state index contributed by atoms with van der Waals surface area (Å²) in [5.74, 6) is 1.34. The largest absolute Gasteiger partial charge is 0.508 e. The molecule has 0 fully saturated rings. The Balaban J connectivity index is 0.894. The Morgan fingerprint density at radius 3 is 0.791 bits per heavy atom. The molecular formula is C76H78N4O11. The number of fused-ring (bicyclic) bond motifs is 4. The maximum Gasteiger partial charge on any atom is 0.336 e. The summed E-state index contributed by atoms with van der Waals surface area (Å²) >= 11 is 0. The molecule has 0 aliphatic carbocycles. The van der Waals surface area contributed by atoms with Crippen LogP contribution in [0.1, 0.15) is 106 Å². The van der Waals surface area contributed by atoms with Gasteiger partial charge in [0, 0.05) is 145 Å². The van der Waals surface area contributed by atoms with Crippen molar-refractivity contribution in [1.29, 1.82) is 0 Å². The molecule has 0 spiro atoms. The van der Waals surface area contributed by atoms with E-state index in [9.17, 15) is 24.3 Å². The van der Waals surface area contributed by atoms with E-state index in [1.807, 2.05) is 58.0 Å². The number of hydrogen-bond donors (Lipinski definition) is 1. The Morgan fingerprint density at radius 1 is 0.308 bits per heavy atom. The van der Waals surface area contributed by atoms with Gasteiger partial charge in [-0.1, -0.05) is 12.1 Å². The second-order valence-corrected chi connectivity index (χ2v) is 24.1. The van der Waals surface area contributed by atoms with E-state index in [-0.39, 0.29) is 41.5 Å². The Morgan fingerprint density at radius 2 is 0.549 bits per heavy atom.